The molecule has 4 aliphatic carbocycles. The molecule has 2 nitrogen and oxygen atoms in total. The average molecular weight is 290 g/mol. The molecule has 2 heteroatoms. The molecule has 3 fully saturated rings. The second-order valence-electron chi connectivity index (χ2n) is 8.79. The molecule has 0 unspecified atom stereocenters. The van der Waals surface area contributed by atoms with Crippen LogP contribution >= 0.6 is 0 Å². The summed E-state index contributed by atoms with van der Waals surface area (Å²) in [5, 5.41) is 20.5. The molecule has 0 bridgehead atoms. The van der Waals surface area contributed by atoms with E-state index in [1.807, 2.05) is 0 Å². The Morgan fingerprint density at radius 2 is 1.81 bits per heavy atom. The first-order valence-electron chi connectivity index (χ1n) is 9.01. The van der Waals surface area contributed by atoms with Gasteiger partial charge in [0.05, 0.1) is 12.2 Å². The van der Waals surface area contributed by atoms with Crippen molar-refractivity contribution in [2.24, 2.45) is 28.6 Å². The highest BCUT2D eigenvalue weighted by Crippen LogP contribution is 2.64. The number of fused-ring (bicyclic) bond motifs is 5. The molecular weight excluding hydrogens is 260 g/mol. The van der Waals surface area contributed by atoms with E-state index < -0.39 is 0 Å². The predicted octanol–water partition coefficient (Wildman–Crippen LogP) is 3.67. The second kappa shape index (κ2) is 4.58. The smallest absolute Gasteiger partial charge is 0.0596 e. The van der Waals surface area contributed by atoms with E-state index in [0.29, 0.717) is 11.3 Å². The molecule has 0 spiro atoms. The van der Waals surface area contributed by atoms with Crippen molar-refractivity contribution in [2.75, 3.05) is 0 Å². The molecule has 0 heterocycles. The quantitative estimate of drug-likeness (QED) is 0.668. The lowest BCUT2D eigenvalue weighted by molar-refractivity contribution is -0.0711. The predicted molar refractivity (Wildman–Crippen MR) is 83.7 cm³/mol. The zero-order valence-electron chi connectivity index (χ0n) is 13.5. The third-order valence-electron chi connectivity index (χ3n) is 8.03. The molecule has 7 atom stereocenters. The van der Waals surface area contributed by atoms with Crippen LogP contribution in [-0.2, 0) is 0 Å². The van der Waals surface area contributed by atoms with Crippen molar-refractivity contribution < 1.29 is 10.2 Å². The SMILES string of the molecule is C[C@]12CC[C@@H]3[C@@H](CC=C4C[C@@H](O)CC[C@@]43C)[C@H]1CC[C@@H]2O. The minimum atomic E-state index is -0.108. The maximum atomic E-state index is 10.5. The van der Waals surface area contributed by atoms with Gasteiger partial charge in [-0.15, -0.1) is 0 Å². The molecule has 2 N–H and O–H groups in total. The summed E-state index contributed by atoms with van der Waals surface area (Å²) in [7, 11) is 0. The van der Waals surface area contributed by atoms with Gasteiger partial charge in [-0.2, -0.15) is 0 Å². The molecule has 0 saturated heterocycles. The van der Waals surface area contributed by atoms with E-state index in [1.54, 1.807) is 5.57 Å². The third kappa shape index (κ3) is 1.84. The number of hydrogen-bond acceptors (Lipinski definition) is 2. The van der Waals surface area contributed by atoms with E-state index >= 15 is 0 Å². The third-order valence-corrected chi connectivity index (χ3v) is 8.03. The summed E-state index contributed by atoms with van der Waals surface area (Å²) >= 11 is 0. The number of rotatable bonds is 0. The van der Waals surface area contributed by atoms with E-state index in [1.165, 1.54) is 25.7 Å². The minimum Gasteiger partial charge on any atom is -0.393 e. The summed E-state index contributed by atoms with van der Waals surface area (Å²) < 4.78 is 0. The Balaban J connectivity index is 1.68. The van der Waals surface area contributed by atoms with Gasteiger partial charge in [-0.05, 0) is 80.0 Å². The van der Waals surface area contributed by atoms with E-state index in [9.17, 15) is 10.2 Å². The van der Waals surface area contributed by atoms with Gasteiger partial charge in [-0.25, -0.2) is 0 Å². The van der Waals surface area contributed by atoms with Gasteiger partial charge in [0, 0.05) is 0 Å². The highest BCUT2D eigenvalue weighted by atomic mass is 16.3. The van der Waals surface area contributed by atoms with E-state index in [4.69, 9.17) is 0 Å². The Morgan fingerprint density at radius 1 is 1.00 bits per heavy atom. The van der Waals surface area contributed by atoms with Gasteiger partial charge in [0.1, 0.15) is 0 Å². The monoisotopic (exact) mass is 290 g/mol. The summed E-state index contributed by atoms with van der Waals surface area (Å²) in [6, 6.07) is 0. The fourth-order valence-electron chi connectivity index (χ4n) is 6.61. The molecule has 0 aromatic rings. The van der Waals surface area contributed by atoms with Crippen LogP contribution in [0.15, 0.2) is 11.6 Å². The van der Waals surface area contributed by atoms with Crippen LogP contribution in [-0.4, -0.2) is 22.4 Å². The summed E-state index contributed by atoms with van der Waals surface area (Å²) in [5.41, 5.74) is 2.05. The number of allylic oxidation sites excluding steroid dienone is 1. The van der Waals surface area contributed by atoms with E-state index in [0.717, 1.165) is 37.5 Å². The first-order valence-corrected chi connectivity index (χ1v) is 9.01. The topological polar surface area (TPSA) is 40.5 Å². The van der Waals surface area contributed by atoms with E-state index in [2.05, 4.69) is 19.9 Å². The van der Waals surface area contributed by atoms with Crippen LogP contribution in [0.5, 0.6) is 0 Å². The summed E-state index contributed by atoms with van der Waals surface area (Å²) in [5.74, 6) is 2.27. The molecule has 118 valence electrons. The molecular formula is C19H30O2. The van der Waals surface area contributed by atoms with Gasteiger partial charge in [0.2, 0.25) is 0 Å². The van der Waals surface area contributed by atoms with Gasteiger partial charge >= 0.3 is 0 Å². The van der Waals surface area contributed by atoms with Crippen LogP contribution < -0.4 is 0 Å². The summed E-state index contributed by atoms with van der Waals surface area (Å²) in [6.07, 6.45) is 11.2. The molecule has 0 aromatic carbocycles. The molecule has 21 heavy (non-hydrogen) atoms. The van der Waals surface area contributed by atoms with Crippen molar-refractivity contribution in [2.45, 2.75) is 77.4 Å². The van der Waals surface area contributed by atoms with Crippen LogP contribution in [0.25, 0.3) is 0 Å². The molecule has 0 aromatic heterocycles. The molecule has 0 radical (unpaired) electrons. The maximum Gasteiger partial charge on any atom is 0.0596 e. The lowest BCUT2D eigenvalue weighted by Crippen LogP contribution is -2.51. The Bertz CT molecular complexity index is 470. The largest absolute Gasteiger partial charge is 0.393 e. The Hall–Kier alpha value is -0.340. The Labute approximate surface area is 128 Å². The van der Waals surface area contributed by atoms with Crippen molar-refractivity contribution >= 4 is 0 Å². The van der Waals surface area contributed by atoms with Gasteiger partial charge in [0.25, 0.3) is 0 Å². The standard InChI is InChI=1S/C19H30O2/c1-18-9-7-13(20)11-12(18)3-4-14-15-5-6-17(21)19(15,2)10-8-16(14)18/h3,13-17,20-21H,4-11H2,1-2H3/t13-,14-,15+,16+,17-,18-,19-/m0/s1. The van der Waals surface area contributed by atoms with Crippen LogP contribution in [0.4, 0.5) is 0 Å². The maximum absolute atomic E-state index is 10.5. The summed E-state index contributed by atoms with van der Waals surface area (Å²) in [4.78, 5) is 0. The van der Waals surface area contributed by atoms with Crippen molar-refractivity contribution in [1.82, 2.24) is 0 Å². The molecule has 0 amide bonds. The first-order chi connectivity index (χ1) is 9.95. The van der Waals surface area contributed by atoms with Crippen LogP contribution in [0.2, 0.25) is 0 Å². The fraction of sp³-hybridized carbons (Fsp3) is 0.895. The van der Waals surface area contributed by atoms with Crippen molar-refractivity contribution in [1.29, 1.82) is 0 Å². The second-order valence-corrected chi connectivity index (χ2v) is 8.79. The number of aliphatic hydroxyl groups is 2. The average Bonchev–Trinajstić information content (AvgIpc) is 2.76. The molecule has 4 rings (SSSR count). The van der Waals surface area contributed by atoms with E-state index in [-0.39, 0.29) is 17.6 Å². The fourth-order valence-corrected chi connectivity index (χ4v) is 6.61. The lowest BCUT2D eigenvalue weighted by Gasteiger charge is -2.57. The van der Waals surface area contributed by atoms with Crippen LogP contribution in [0.1, 0.15) is 65.2 Å². The van der Waals surface area contributed by atoms with Crippen molar-refractivity contribution in [3.05, 3.63) is 11.6 Å². The number of hydrogen-bond donors (Lipinski definition) is 2. The molecule has 0 aliphatic heterocycles. The van der Waals surface area contributed by atoms with Gasteiger partial charge in [-0.1, -0.05) is 25.5 Å². The lowest BCUT2D eigenvalue weighted by atomic mass is 9.48. The van der Waals surface area contributed by atoms with Crippen molar-refractivity contribution in [3.8, 4) is 0 Å². The summed E-state index contributed by atoms with van der Waals surface area (Å²) in [6.45, 7) is 4.81. The number of aliphatic hydroxyl groups excluding tert-OH is 2. The first kappa shape index (κ1) is 14.3. The van der Waals surface area contributed by atoms with Crippen LogP contribution in [0, 0.1) is 28.6 Å². The molecule has 3 saturated carbocycles. The normalized spacial score (nSPS) is 56.2. The van der Waals surface area contributed by atoms with Gasteiger partial charge < -0.3 is 10.2 Å². The zero-order chi connectivity index (χ0) is 14.8. The van der Waals surface area contributed by atoms with Crippen molar-refractivity contribution in [3.63, 3.8) is 0 Å². The highest BCUT2D eigenvalue weighted by molar-refractivity contribution is 5.25. The Morgan fingerprint density at radius 3 is 2.62 bits per heavy atom. The Kier molecular flexibility index (Phi) is 3.11. The minimum absolute atomic E-state index is 0.0742. The van der Waals surface area contributed by atoms with Gasteiger partial charge in [-0.3, -0.25) is 0 Å². The zero-order valence-corrected chi connectivity index (χ0v) is 13.5. The van der Waals surface area contributed by atoms with Crippen LogP contribution in [0.3, 0.4) is 0 Å². The van der Waals surface area contributed by atoms with Gasteiger partial charge in [0.15, 0.2) is 0 Å². The molecule has 4 aliphatic rings. The highest BCUT2D eigenvalue weighted by Gasteiger charge is 2.58.